The predicted molar refractivity (Wildman–Crippen MR) is 74.7 cm³/mol. The molecule has 0 saturated heterocycles. The van der Waals surface area contributed by atoms with Gasteiger partial charge < -0.3 is 14.5 Å². The van der Waals surface area contributed by atoms with Crippen molar-refractivity contribution >= 4 is 23.1 Å². The smallest absolute Gasteiger partial charge is 0.262 e. The van der Waals surface area contributed by atoms with Gasteiger partial charge in [-0.05, 0) is 25.2 Å². The summed E-state index contributed by atoms with van der Waals surface area (Å²) in [5, 5.41) is 0.569. The van der Waals surface area contributed by atoms with Gasteiger partial charge in [0.1, 0.15) is 0 Å². The van der Waals surface area contributed by atoms with E-state index in [-0.39, 0.29) is 5.56 Å². The van der Waals surface area contributed by atoms with Crippen LogP contribution in [0.1, 0.15) is 13.3 Å². The fourth-order valence-electron chi connectivity index (χ4n) is 2.20. The Balaban J connectivity index is 2.33. The number of aromatic amines is 1. The van der Waals surface area contributed by atoms with Crippen LogP contribution in [-0.4, -0.2) is 22.8 Å². The van der Waals surface area contributed by atoms with Gasteiger partial charge in [-0.25, -0.2) is 0 Å². The lowest BCUT2D eigenvalue weighted by Gasteiger charge is -2.10. The van der Waals surface area contributed by atoms with E-state index in [1.54, 1.807) is 12.1 Å². The number of nitrogens with one attached hydrogen (secondary N) is 1. The number of hydrogen-bond acceptors (Lipinski definition) is 4. The molecule has 1 aromatic heterocycles. The minimum atomic E-state index is -0.100. The van der Waals surface area contributed by atoms with Gasteiger partial charge in [0.25, 0.3) is 5.56 Å². The molecule has 0 spiro atoms. The number of aromatic nitrogens is 2. The number of nitrogens with zero attached hydrogens (tertiary/aromatic N) is 1. The van der Waals surface area contributed by atoms with Crippen LogP contribution in [0.3, 0.4) is 0 Å². The molecule has 1 aromatic carbocycles. The highest BCUT2D eigenvalue weighted by molar-refractivity contribution is 7.71. The summed E-state index contributed by atoms with van der Waals surface area (Å²) < 4.78 is 13.2. The van der Waals surface area contributed by atoms with Crippen LogP contribution >= 0.6 is 12.2 Å². The number of benzene rings is 1. The zero-order valence-corrected chi connectivity index (χ0v) is 11.4. The molecule has 6 heteroatoms. The largest absolute Gasteiger partial charge is 0.490 e. The lowest BCUT2D eigenvalue weighted by atomic mass is 10.2. The standard InChI is InChI=1S/C13H14N2O3S/c1-2-15-12(16)8-6-10-11(18-5-3-4-17-10)7-9(8)14-13(15)19/h6-7H,2-5H2,1H3,(H,14,19). The highest BCUT2D eigenvalue weighted by atomic mass is 32.1. The second-order valence-electron chi connectivity index (χ2n) is 4.37. The van der Waals surface area contributed by atoms with Gasteiger partial charge in [0, 0.05) is 19.0 Å². The second-order valence-corrected chi connectivity index (χ2v) is 4.76. The molecular formula is C13H14N2O3S. The van der Waals surface area contributed by atoms with Gasteiger partial charge in [-0.15, -0.1) is 0 Å². The highest BCUT2D eigenvalue weighted by Crippen LogP contribution is 2.32. The number of rotatable bonds is 1. The van der Waals surface area contributed by atoms with E-state index in [2.05, 4.69) is 4.98 Å². The quantitative estimate of drug-likeness (QED) is 0.813. The molecule has 0 fully saturated rings. The molecule has 0 saturated carbocycles. The van der Waals surface area contributed by atoms with Crippen LogP contribution < -0.4 is 15.0 Å². The average Bonchev–Trinajstić information content (AvgIpc) is 2.62. The van der Waals surface area contributed by atoms with Crippen molar-refractivity contribution in [3.63, 3.8) is 0 Å². The number of fused-ring (bicyclic) bond motifs is 2. The first-order valence-electron chi connectivity index (χ1n) is 6.27. The van der Waals surface area contributed by atoms with Crippen molar-refractivity contribution in [2.45, 2.75) is 19.9 Å². The van der Waals surface area contributed by atoms with E-state index in [0.29, 0.717) is 46.9 Å². The predicted octanol–water partition coefficient (Wildman–Crippen LogP) is 2.24. The molecule has 2 heterocycles. The van der Waals surface area contributed by atoms with E-state index in [1.165, 1.54) is 4.57 Å². The molecule has 2 aromatic rings. The van der Waals surface area contributed by atoms with Crippen molar-refractivity contribution in [2.24, 2.45) is 0 Å². The Kier molecular flexibility index (Phi) is 3.02. The number of hydrogen-bond donors (Lipinski definition) is 1. The summed E-state index contributed by atoms with van der Waals surface area (Å²) in [6.45, 7) is 3.65. The molecule has 0 amide bonds. The van der Waals surface area contributed by atoms with Gasteiger partial charge in [-0.3, -0.25) is 9.36 Å². The molecule has 1 N–H and O–H groups in total. The van der Waals surface area contributed by atoms with Crippen LogP contribution in [0.2, 0.25) is 0 Å². The Labute approximate surface area is 114 Å². The Bertz CT molecular complexity index is 748. The van der Waals surface area contributed by atoms with Crippen LogP contribution in [-0.2, 0) is 6.54 Å². The summed E-state index contributed by atoms with van der Waals surface area (Å²) in [6.07, 6.45) is 0.834. The molecule has 0 unspecified atom stereocenters. The van der Waals surface area contributed by atoms with Crippen molar-refractivity contribution in [2.75, 3.05) is 13.2 Å². The van der Waals surface area contributed by atoms with Gasteiger partial charge in [0.05, 0.1) is 24.1 Å². The normalized spacial score (nSPS) is 14.4. The summed E-state index contributed by atoms with van der Waals surface area (Å²) in [7, 11) is 0. The molecule has 5 nitrogen and oxygen atoms in total. The van der Waals surface area contributed by atoms with Crippen LogP contribution in [0.5, 0.6) is 11.5 Å². The van der Waals surface area contributed by atoms with E-state index < -0.39 is 0 Å². The van der Waals surface area contributed by atoms with E-state index in [1.807, 2.05) is 6.92 Å². The summed E-state index contributed by atoms with van der Waals surface area (Å²) in [6, 6.07) is 3.52. The molecule has 1 aliphatic rings. The molecule has 19 heavy (non-hydrogen) atoms. The minimum Gasteiger partial charge on any atom is -0.490 e. The monoisotopic (exact) mass is 278 g/mol. The summed E-state index contributed by atoms with van der Waals surface area (Å²) >= 11 is 5.18. The average molecular weight is 278 g/mol. The molecule has 0 aliphatic carbocycles. The first-order valence-corrected chi connectivity index (χ1v) is 6.68. The molecule has 0 atom stereocenters. The zero-order valence-electron chi connectivity index (χ0n) is 10.6. The van der Waals surface area contributed by atoms with Crippen LogP contribution in [0.25, 0.3) is 10.9 Å². The van der Waals surface area contributed by atoms with E-state index in [9.17, 15) is 4.79 Å². The van der Waals surface area contributed by atoms with E-state index in [4.69, 9.17) is 21.7 Å². The summed E-state index contributed by atoms with van der Waals surface area (Å²) in [5.74, 6) is 1.28. The van der Waals surface area contributed by atoms with Gasteiger partial charge in [0.2, 0.25) is 0 Å². The SMILES string of the molecule is CCn1c(=S)[nH]c2cc3c(cc2c1=O)OCCCO3. The Morgan fingerprint density at radius 1 is 1.32 bits per heavy atom. The van der Waals surface area contributed by atoms with Crippen molar-refractivity contribution in [3.8, 4) is 11.5 Å². The third-order valence-electron chi connectivity index (χ3n) is 3.17. The van der Waals surface area contributed by atoms with Crippen LogP contribution in [0, 0.1) is 4.77 Å². The van der Waals surface area contributed by atoms with Crippen molar-refractivity contribution in [1.29, 1.82) is 0 Å². The van der Waals surface area contributed by atoms with Gasteiger partial charge >= 0.3 is 0 Å². The van der Waals surface area contributed by atoms with E-state index in [0.717, 1.165) is 6.42 Å². The minimum absolute atomic E-state index is 0.100. The first kappa shape index (κ1) is 12.2. The third-order valence-corrected chi connectivity index (χ3v) is 3.49. The maximum absolute atomic E-state index is 12.3. The molecule has 0 radical (unpaired) electrons. The van der Waals surface area contributed by atoms with Crippen LogP contribution in [0.4, 0.5) is 0 Å². The van der Waals surface area contributed by atoms with Crippen molar-refractivity contribution in [1.82, 2.24) is 9.55 Å². The molecular weight excluding hydrogens is 264 g/mol. The van der Waals surface area contributed by atoms with Crippen LogP contribution in [0.15, 0.2) is 16.9 Å². The third kappa shape index (κ3) is 2.02. The van der Waals surface area contributed by atoms with Gasteiger partial charge in [0.15, 0.2) is 16.3 Å². The maximum Gasteiger partial charge on any atom is 0.262 e. The van der Waals surface area contributed by atoms with E-state index >= 15 is 0 Å². The lowest BCUT2D eigenvalue weighted by Crippen LogP contribution is -2.21. The number of ether oxygens (including phenoxy) is 2. The maximum atomic E-state index is 12.3. The van der Waals surface area contributed by atoms with Gasteiger partial charge in [-0.2, -0.15) is 0 Å². The molecule has 100 valence electrons. The fourth-order valence-corrected chi connectivity index (χ4v) is 2.52. The Morgan fingerprint density at radius 2 is 2.00 bits per heavy atom. The second kappa shape index (κ2) is 4.70. The molecule has 1 aliphatic heterocycles. The van der Waals surface area contributed by atoms with Crippen molar-refractivity contribution < 1.29 is 9.47 Å². The zero-order chi connectivity index (χ0) is 13.4. The Hall–Kier alpha value is -1.82. The summed E-state index contributed by atoms with van der Waals surface area (Å²) in [5.41, 5.74) is 0.584. The number of H-pyrrole nitrogens is 1. The van der Waals surface area contributed by atoms with Crippen molar-refractivity contribution in [3.05, 3.63) is 27.3 Å². The topological polar surface area (TPSA) is 56.2 Å². The highest BCUT2D eigenvalue weighted by Gasteiger charge is 2.14. The fraction of sp³-hybridized carbons (Fsp3) is 0.385. The lowest BCUT2D eigenvalue weighted by molar-refractivity contribution is 0.297. The molecule has 3 rings (SSSR count). The molecule has 0 bridgehead atoms. The first-order chi connectivity index (χ1) is 9.20. The van der Waals surface area contributed by atoms with Gasteiger partial charge in [-0.1, -0.05) is 0 Å². The Morgan fingerprint density at radius 3 is 2.68 bits per heavy atom. The summed E-state index contributed by atoms with van der Waals surface area (Å²) in [4.78, 5) is 15.4.